The van der Waals surface area contributed by atoms with Gasteiger partial charge in [0.15, 0.2) is 0 Å². The van der Waals surface area contributed by atoms with Crippen LogP contribution in [0, 0.1) is 49.7 Å². The molecule has 0 bridgehead atoms. The first-order chi connectivity index (χ1) is 14.5. The summed E-state index contributed by atoms with van der Waals surface area (Å²) in [5.41, 5.74) is 5.83. The van der Waals surface area contributed by atoms with Crippen LogP contribution in [0.5, 0.6) is 0 Å². The third kappa shape index (κ3) is 4.25. The van der Waals surface area contributed by atoms with Gasteiger partial charge in [-0.2, -0.15) is 28.0 Å². The van der Waals surface area contributed by atoms with Crippen LogP contribution in [-0.4, -0.2) is 23.3 Å². The fourth-order valence-corrected chi connectivity index (χ4v) is 3.72. The zero-order valence-corrected chi connectivity index (χ0v) is 19.1. The minimum Gasteiger partial charge on any atom is -0.237 e. The van der Waals surface area contributed by atoms with Crippen LogP contribution in [0.3, 0.4) is 0 Å². The molecule has 0 N–H and O–H groups in total. The minimum absolute atomic E-state index is 0.336. The molecule has 2 aromatic carbocycles. The van der Waals surface area contributed by atoms with Gasteiger partial charge in [0.1, 0.15) is 11.0 Å². The standard InChI is InChI=1S/C10H6N4S.C8H2N4S.CH3Br/c1-5-7(4-11)8(12-3)6(2)10-9(5)13-15-14-10;1-10-6-3-8-7(11-13-12-8)2-5(6)4-9;1-2/h1-2H3;2-3H;1H3. The summed E-state index contributed by atoms with van der Waals surface area (Å²) < 4.78 is 16.2. The third-order valence-electron chi connectivity index (χ3n) is 4.00. The summed E-state index contributed by atoms with van der Waals surface area (Å²) in [7, 11) is 0. The molecule has 30 heavy (non-hydrogen) atoms. The molecule has 0 aliphatic rings. The summed E-state index contributed by atoms with van der Waals surface area (Å²) in [6.07, 6.45) is 0. The molecule has 0 fully saturated rings. The quantitative estimate of drug-likeness (QED) is 0.224. The van der Waals surface area contributed by atoms with E-state index in [9.17, 15) is 0 Å². The summed E-state index contributed by atoms with van der Waals surface area (Å²) in [6.45, 7) is 17.5. The lowest BCUT2D eigenvalue weighted by molar-refractivity contribution is 1.38. The lowest BCUT2D eigenvalue weighted by atomic mass is 10.0. The maximum absolute atomic E-state index is 9.01. The van der Waals surface area contributed by atoms with Crippen molar-refractivity contribution in [3.8, 4) is 12.1 Å². The van der Waals surface area contributed by atoms with E-state index in [0.29, 0.717) is 33.5 Å². The molecule has 8 nitrogen and oxygen atoms in total. The van der Waals surface area contributed by atoms with E-state index in [1.54, 1.807) is 26.0 Å². The molecule has 2 aromatic heterocycles. The van der Waals surface area contributed by atoms with Gasteiger partial charge in [-0.1, -0.05) is 15.9 Å². The fourth-order valence-electron chi connectivity index (χ4n) is 2.56. The maximum Gasteiger partial charge on any atom is 0.210 e. The fraction of sp³-hybridized carbons (Fsp3) is 0.158. The minimum atomic E-state index is 0.336. The lowest BCUT2D eigenvalue weighted by Gasteiger charge is -2.04. The monoisotopic (exact) mass is 494 g/mol. The van der Waals surface area contributed by atoms with Gasteiger partial charge in [0.25, 0.3) is 0 Å². The number of benzene rings is 2. The Balaban J connectivity index is 0.000000199. The topological polar surface area (TPSA) is 108 Å². The number of halogens is 1. The Kier molecular flexibility index (Phi) is 7.86. The number of hydrogen-bond donors (Lipinski definition) is 0. The number of rotatable bonds is 0. The predicted molar refractivity (Wildman–Crippen MR) is 121 cm³/mol. The first kappa shape index (κ1) is 22.8. The van der Waals surface area contributed by atoms with E-state index in [1.165, 1.54) is 0 Å². The number of aryl methyl sites for hydroxylation is 2. The Morgan fingerprint density at radius 2 is 1.43 bits per heavy atom. The highest BCUT2D eigenvalue weighted by molar-refractivity contribution is 9.08. The number of nitrogens with zero attached hydrogens (tertiary/aromatic N) is 8. The van der Waals surface area contributed by atoms with Gasteiger partial charge < -0.3 is 0 Å². The molecular weight excluding hydrogens is 484 g/mol. The first-order valence-corrected chi connectivity index (χ1v) is 11.0. The average Bonchev–Trinajstić information content (AvgIpc) is 3.46. The number of nitriles is 2. The number of fused-ring (bicyclic) bond motifs is 2. The molecule has 11 heteroatoms. The smallest absolute Gasteiger partial charge is 0.210 e. The molecule has 146 valence electrons. The van der Waals surface area contributed by atoms with Crippen LogP contribution >= 0.6 is 39.4 Å². The molecule has 2 heterocycles. The highest BCUT2D eigenvalue weighted by Crippen LogP contribution is 2.33. The molecule has 0 saturated carbocycles. The van der Waals surface area contributed by atoms with Crippen LogP contribution in [0.1, 0.15) is 22.3 Å². The highest BCUT2D eigenvalue weighted by Gasteiger charge is 2.17. The molecule has 0 unspecified atom stereocenters. The molecule has 0 aliphatic carbocycles. The molecule has 4 rings (SSSR count). The molecular formula is C19H11BrN8S2. The van der Waals surface area contributed by atoms with Crippen molar-refractivity contribution in [3.63, 3.8) is 0 Å². The molecule has 4 aromatic rings. The van der Waals surface area contributed by atoms with Crippen LogP contribution in [0.15, 0.2) is 12.1 Å². The summed E-state index contributed by atoms with van der Waals surface area (Å²) in [5.74, 6) is 1.81. The molecule has 0 amide bonds. The van der Waals surface area contributed by atoms with Gasteiger partial charge in [0.05, 0.1) is 70.9 Å². The Hall–Kier alpha value is -3.48. The molecule has 0 aliphatic heterocycles. The highest BCUT2D eigenvalue weighted by atomic mass is 79.9. The van der Waals surface area contributed by atoms with Gasteiger partial charge in [-0.15, -0.1) is 0 Å². The normalized spacial score (nSPS) is 9.20. The van der Waals surface area contributed by atoms with E-state index in [-0.39, 0.29) is 0 Å². The third-order valence-corrected chi connectivity index (χ3v) is 5.09. The van der Waals surface area contributed by atoms with Gasteiger partial charge in [-0.05, 0) is 42.9 Å². The van der Waals surface area contributed by atoms with Crippen molar-refractivity contribution >= 4 is 72.8 Å². The molecule has 0 radical (unpaired) electrons. The molecule has 0 spiro atoms. The number of alkyl halides is 1. The summed E-state index contributed by atoms with van der Waals surface area (Å²) in [4.78, 5) is 6.63. The van der Waals surface area contributed by atoms with Gasteiger partial charge in [0, 0.05) is 0 Å². The lowest BCUT2D eigenvalue weighted by Crippen LogP contribution is -1.89. The first-order valence-electron chi connectivity index (χ1n) is 8.00. The second-order valence-electron chi connectivity index (χ2n) is 5.50. The number of aromatic nitrogens is 4. The molecule has 0 atom stereocenters. The number of hydrogen-bond acceptors (Lipinski definition) is 8. The van der Waals surface area contributed by atoms with Gasteiger partial charge >= 0.3 is 0 Å². The van der Waals surface area contributed by atoms with Crippen LogP contribution in [0.25, 0.3) is 31.8 Å². The summed E-state index contributed by atoms with van der Waals surface area (Å²) in [6, 6.07) is 7.19. The van der Waals surface area contributed by atoms with E-state index >= 15 is 0 Å². The van der Waals surface area contributed by atoms with Crippen molar-refractivity contribution in [2.75, 3.05) is 5.83 Å². The SMILES string of the molecule is CBr.[C-]#[N+]c1c(C#N)c(C)c2nsnc2c1C.[C-]#[N+]c1cc2nsnc2cc1C#N. The van der Waals surface area contributed by atoms with Gasteiger partial charge in [0.2, 0.25) is 11.4 Å². The van der Waals surface area contributed by atoms with Crippen molar-refractivity contribution < 1.29 is 0 Å². The van der Waals surface area contributed by atoms with Crippen molar-refractivity contribution in [1.29, 1.82) is 10.5 Å². The summed E-state index contributed by atoms with van der Waals surface area (Å²) in [5, 5.41) is 17.7. The van der Waals surface area contributed by atoms with Crippen molar-refractivity contribution in [3.05, 3.63) is 57.2 Å². The summed E-state index contributed by atoms with van der Waals surface area (Å²) >= 11 is 5.12. The Bertz CT molecular complexity index is 1290. The second kappa shape index (κ2) is 10.3. The van der Waals surface area contributed by atoms with E-state index < -0.39 is 0 Å². The maximum atomic E-state index is 9.01. The van der Waals surface area contributed by atoms with Crippen molar-refractivity contribution in [2.45, 2.75) is 13.8 Å². The van der Waals surface area contributed by atoms with Crippen LogP contribution in [0.2, 0.25) is 0 Å². The predicted octanol–water partition coefficient (Wildman–Crippen LogP) is 5.86. The Morgan fingerprint density at radius 3 is 1.97 bits per heavy atom. The zero-order valence-electron chi connectivity index (χ0n) is 15.9. The van der Waals surface area contributed by atoms with E-state index in [0.717, 1.165) is 45.6 Å². The van der Waals surface area contributed by atoms with E-state index in [1.807, 2.05) is 11.9 Å². The van der Waals surface area contributed by atoms with E-state index in [2.05, 4.69) is 49.2 Å². The zero-order chi connectivity index (χ0) is 22.3. The van der Waals surface area contributed by atoms with Gasteiger partial charge in [-0.25, -0.2) is 9.69 Å². The average molecular weight is 495 g/mol. The Labute approximate surface area is 189 Å². The van der Waals surface area contributed by atoms with Crippen LogP contribution in [-0.2, 0) is 0 Å². The van der Waals surface area contributed by atoms with Crippen molar-refractivity contribution in [2.24, 2.45) is 0 Å². The van der Waals surface area contributed by atoms with E-state index in [4.69, 9.17) is 23.7 Å². The van der Waals surface area contributed by atoms with Crippen LogP contribution < -0.4 is 0 Å². The largest absolute Gasteiger partial charge is 0.237 e. The van der Waals surface area contributed by atoms with Gasteiger partial charge in [-0.3, -0.25) is 0 Å². The second-order valence-corrected chi connectivity index (χ2v) is 6.56. The Morgan fingerprint density at radius 1 is 0.867 bits per heavy atom. The van der Waals surface area contributed by atoms with Crippen molar-refractivity contribution in [1.82, 2.24) is 17.5 Å². The van der Waals surface area contributed by atoms with Crippen LogP contribution in [0.4, 0.5) is 11.4 Å². The molecule has 0 saturated heterocycles.